The van der Waals surface area contributed by atoms with Gasteiger partial charge in [-0.3, -0.25) is 9.59 Å². The zero-order chi connectivity index (χ0) is 14.0. The Morgan fingerprint density at radius 3 is 2.58 bits per heavy atom. The van der Waals surface area contributed by atoms with Crippen molar-refractivity contribution in [3.8, 4) is 0 Å². The van der Waals surface area contributed by atoms with Gasteiger partial charge in [-0.05, 0) is 12.8 Å². The van der Waals surface area contributed by atoms with Gasteiger partial charge in [-0.25, -0.2) is 8.42 Å². The van der Waals surface area contributed by atoms with E-state index in [9.17, 15) is 18.0 Å². The molecule has 0 spiro atoms. The fraction of sp³-hybridized carbons (Fsp3) is 0.818. The van der Waals surface area contributed by atoms with Crippen molar-refractivity contribution in [2.45, 2.75) is 18.1 Å². The maximum Gasteiger partial charge on any atom is 0.308 e. The number of rotatable bonds is 4. The third-order valence-electron chi connectivity index (χ3n) is 3.52. The number of amides is 1. The van der Waals surface area contributed by atoms with Crippen molar-refractivity contribution in [1.29, 1.82) is 0 Å². The molecule has 0 saturated carbocycles. The lowest BCUT2D eigenvalue weighted by molar-refractivity contribution is -0.141. The summed E-state index contributed by atoms with van der Waals surface area (Å²) in [4.78, 5) is 24.3. The van der Waals surface area contributed by atoms with Crippen molar-refractivity contribution in [2.75, 3.05) is 30.3 Å². The number of carboxylic acid groups (broad SMARTS) is 1. The van der Waals surface area contributed by atoms with E-state index < -0.39 is 21.7 Å². The van der Waals surface area contributed by atoms with Crippen molar-refractivity contribution in [2.24, 2.45) is 5.92 Å². The lowest BCUT2D eigenvalue weighted by Gasteiger charge is -2.16. The molecule has 6 nitrogen and oxygen atoms in total. The molecular weight excluding hydrogens is 290 g/mol. The zero-order valence-corrected chi connectivity index (χ0v) is 12.1. The van der Waals surface area contributed by atoms with E-state index in [1.807, 2.05) is 0 Å². The second-order valence-corrected chi connectivity index (χ2v) is 8.52. The van der Waals surface area contributed by atoms with Crippen LogP contribution in [0.3, 0.4) is 0 Å². The molecule has 1 N–H and O–H groups in total. The predicted octanol–water partition coefficient (Wildman–Crippen LogP) is -0.160. The average Bonchev–Trinajstić information content (AvgIpc) is 2.92. The van der Waals surface area contributed by atoms with Gasteiger partial charge < -0.3 is 10.0 Å². The number of aliphatic carboxylic acids is 1. The maximum absolute atomic E-state index is 11.9. The molecule has 8 heteroatoms. The fourth-order valence-electron chi connectivity index (χ4n) is 2.36. The van der Waals surface area contributed by atoms with Crippen LogP contribution in [0.15, 0.2) is 0 Å². The highest BCUT2D eigenvalue weighted by Crippen LogP contribution is 2.25. The second kappa shape index (κ2) is 5.70. The molecule has 2 heterocycles. The van der Waals surface area contributed by atoms with Gasteiger partial charge in [0.15, 0.2) is 9.84 Å². The molecule has 19 heavy (non-hydrogen) atoms. The third-order valence-corrected chi connectivity index (χ3v) is 6.79. The van der Waals surface area contributed by atoms with Crippen LogP contribution in [0.4, 0.5) is 0 Å². The van der Waals surface area contributed by atoms with E-state index in [2.05, 4.69) is 0 Å². The summed E-state index contributed by atoms with van der Waals surface area (Å²) in [6, 6.07) is 0. The Morgan fingerprint density at radius 1 is 1.32 bits per heavy atom. The molecule has 0 bridgehead atoms. The number of sulfone groups is 1. The topological polar surface area (TPSA) is 91.8 Å². The summed E-state index contributed by atoms with van der Waals surface area (Å²) in [7, 11) is -2.91. The lowest BCUT2D eigenvalue weighted by Crippen LogP contribution is -2.31. The standard InChI is InChI=1S/C11H17NO5S2/c13-10(12-3-1-8(5-12)11(14)15)6-18-9-2-4-19(16,17)7-9/h8-9H,1-7H2,(H,14,15). The Labute approximate surface area is 116 Å². The molecule has 0 aromatic rings. The van der Waals surface area contributed by atoms with Crippen molar-refractivity contribution in [3.05, 3.63) is 0 Å². The first-order valence-electron chi connectivity index (χ1n) is 6.20. The summed E-state index contributed by atoms with van der Waals surface area (Å²) >= 11 is 1.37. The van der Waals surface area contributed by atoms with Crippen molar-refractivity contribution in [3.63, 3.8) is 0 Å². The van der Waals surface area contributed by atoms with Crippen molar-refractivity contribution < 1.29 is 23.1 Å². The molecule has 1 amide bonds. The number of thioether (sulfide) groups is 1. The van der Waals surface area contributed by atoms with Crippen LogP contribution < -0.4 is 0 Å². The molecule has 2 aliphatic rings. The summed E-state index contributed by atoms with van der Waals surface area (Å²) in [5, 5.41) is 8.87. The van der Waals surface area contributed by atoms with Gasteiger partial charge in [0.05, 0.1) is 23.2 Å². The van der Waals surface area contributed by atoms with Crippen molar-refractivity contribution in [1.82, 2.24) is 4.90 Å². The fourth-order valence-corrected chi connectivity index (χ4v) is 5.91. The SMILES string of the molecule is O=C(O)C1CCN(C(=O)CSC2CCS(=O)(=O)C2)C1. The minimum absolute atomic E-state index is 0.00632. The summed E-state index contributed by atoms with van der Waals surface area (Å²) < 4.78 is 22.6. The largest absolute Gasteiger partial charge is 0.481 e. The first kappa shape index (κ1) is 14.6. The smallest absolute Gasteiger partial charge is 0.308 e. The average molecular weight is 307 g/mol. The molecule has 2 atom stereocenters. The number of likely N-dealkylation sites (tertiary alicyclic amines) is 1. The van der Waals surface area contributed by atoms with Crippen LogP contribution in [0.1, 0.15) is 12.8 Å². The maximum atomic E-state index is 11.9. The van der Waals surface area contributed by atoms with E-state index in [0.29, 0.717) is 19.4 Å². The summed E-state index contributed by atoms with van der Waals surface area (Å²) in [5.41, 5.74) is 0. The molecule has 0 aromatic carbocycles. The second-order valence-electron chi connectivity index (χ2n) is 5.00. The quantitative estimate of drug-likeness (QED) is 0.776. The molecule has 2 saturated heterocycles. The number of carbonyl (C=O) groups excluding carboxylic acids is 1. The van der Waals surface area contributed by atoms with Gasteiger partial charge in [-0.15, -0.1) is 11.8 Å². The van der Waals surface area contributed by atoms with E-state index in [1.165, 1.54) is 11.8 Å². The Bertz CT molecular complexity index is 475. The van der Waals surface area contributed by atoms with Crippen molar-refractivity contribution >= 4 is 33.5 Å². The minimum Gasteiger partial charge on any atom is -0.481 e. The molecule has 0 aromatic heterocycles. The van der Waals surface area contributed by atoms with Gasteiger partial charge in [0.25, 0.3) is 0 Å². The highest BCUT2D eigenvalue weighted by molar-refractivity contribution is 8.02. The lowest BCUT2D eigenvalue weighted by atomic mass is 10.1. The van der Waals surface area contributed by atoms with Gasteiger partial charge in [-0.2, -0.15) is 0 Å². The Hall–Kier alpha value is -0.760. The van der Waals surface area contributed by atoms with Crippen LogP contribution in [-0.2, 0) is 19.4 Å². The van der Waals surface area contributed by atoms with Crippen LogP contribution >= 0.6 is 11.8 Å². The molecule has 2 rings (SSSR count). The van der Waals surface area contributed by atoms with Crippen LogP contribution in [-0.4, -0.2) is 65.9 Å². The summed E-state index contributed by atoms with van der Waals surface area (Å²) in [6.45, 7) is 0.761. The van der Waals surface area contributed by atoms with E-state index in [0.717, 1.165) is 0 Å². The van der Waals surface area contributed by atoms with Crippen LogP contribution in [0.5, 0.6) is 0 Å². The molecule has 2 unspecified atom stereocenters. The third kappa shape index (κ3) is 3.85. The Morgan fingerprint density at radius 2 is 2.05 bits per heavy atom. The van der Waals surface area contributed by atoms with E-state index in [4.69, 9.17) is 5.11 Å². The summed E-state index contributed by atoms with van der Waals surface area (Å²) in [6.07, 6.45) is 1.11. The van der Waals surface area contributed by atoms with Crippen LogP contribution in [0, 0.1) is 5.92 Å². The first-order valence-corrected chi connectivity index (χ1v) is 9.07. The molecular formula is C11H17NO5S2. The Balaban J connectivity index is 1.75. The van der Waals surface area contributed by atoms with Gasteiger partial charge in [0.1, 0.15) is 0 Å². The van der Waals surface area contributed by atoms with Gasteiger partial charge in [-0.1, -0.05) is 0 Å². The minimum atomic E-state index is -2.91. The van der Waals surface area contributed by atoms with Gasteiger partial charge in [0, 0.05) is 18.3 Å². The van der Waals surface area contributed by atoms with E-state index in [1.54, 1.807) is 4.90 Å². The van der Waals surface area contributed by atoms with E-state index in [-0.39, 0.29) is 35.0 Å². The highest BCUT2D eigenvalue weighted by atomic mass is 32.2. The number of hydrogen-bond donors (Lipinski definition) is 1. The molecule has 2 aliphatic heterocycles. The van der Waals surface area contributed by atoms with Crippen LogP contribution in [0.2, 0.25) is 0 Å². The highest BCUT2D eigenvalue weighted by Gasteiger charge is 2.32. The first-order chi connectivity index (χ1) is 8.87. The number of carbonyl (C=O) groups is 2. The molecule has 108 valence electrons. The summed E-state index contributed by atoms with van der Waals surface area (Å²) in [5.74, 6) is -0.789. The zero-order valence-electron chi connectivity index (χ0n) is 10.4. The van der Waals surface area contributed by atoms with Gasteiger partial charge >= 0.3 is 5.97 Å². The van der Waals surface area contributed by atoms with Gasteiger partial charge in [0.2, 0.25) is 5.91 Å². The Kier molecular flexibility index (Phi) is 4.39. The van der Waals surface area contributed by atoms with Crippen LogP contribution in [0.25, 0.3) is 0 Å². The number of nitrogens with zero attached hydrogens (tertiary/aromatic N) is 1. The molecule has 2 fully saturated rings. The number of hydrogen-bond acceptors (Lipinski definition) is 5. The monoisotopic (exact) mass is 307 g/mol. The molecule has 0 radical (unpaired) electrons. The normalized spacial score (nSPS) is 29.6. The number of carboxylic acids is 1. The van der Waals surface area contributed by atoms with E-state index >= 15 is 0 Å². The predicted molar refractivity (Wildman–Crippen MR) is 71.8 cm³/mol. The molecule has 0 aliphatic carbocycles.